The summed E-state index contributed by atoms with van der Waals surface area (Å²) >= 11 is 0. The summed E-state index contributed by atoms with van der Waals surface area (Å²) in [7, 11) is 0. The fourth-order valence-corrected chi connectivity index (χ4v) is 6.48. The van der Waals surface area contributed by atoms with E-state index in [1.54, 1.807) is 30.3 Å². The normalized spacial score (nSPS) is 14.5. The van der Waals surface area contributed by atoms with E-state index in [0.29, 0.717) is 46.5 Å². The van der Waals surface area contributed by atoms with Gasteiger partial charge in [-0.25, -0.2) is 0 Å². The minimum Gasteiger partial charge on any atom is -0.480 e. The van der Waals surface area contributed by atoms with Gasteiger partial charge in [-0.15, -0.1) is 0 Å². The number of hydrogen-bond acceptors (Lipinski definition) is 11. The van der Waals surface area contributed by atoms with Crippen LogP contribution in [0.15, 0.2) is 60.7 Å². The molecular weight excluding hydrogens is 652 g/mol. The maximum absolute atomic E-state index is 13.2. The number of benzene rings is 4. The summed E-state index contributed by atoms with van der Waals surface area (Å²) in [6.45, 7) is 0.548. The van der Waals surface area contributed by atoms with E-state index < -0.39 is 45.5 Å². The van der Waals surface area contributed by atoms with Crippen LogP contribution in [0.3, 0.4) is 0 Å². The molecule has 4 amide bonds. The molecule has 0 unspecified atom stereocenters. The molecule has 0 aromatic heterocycles. The van der Waals surface area contributed by atoms with Crippen LogP contribution >= 0.6 is 0 Å². The first-order valence-corrected chi connectivity index (χ1v) is 15.8. The van der Waals surface area contributed by atoms with Crippen LogP contribution in [-0.2, 0) is 4.79 Å². The maximum Gasteiger partial charge on any atom is 0.320 e. The van der Waals surface area contributed by atoms with Gasteiger partial charge in [0.1, 0.15) is 6.04 Å². The molecule has 1 atom stereocenters. The number of rotatable bonds is 15. The molecule has 0 saturated heterocycles. The van der Waals surface area contributed by atoms with E-state index in [4.69, 9.17) is 0 Å². The highest BCUT2D eigenvalue weighted by Crippen LogP contribution is 2.34. The number of unbranched alkanes of at least 4 members (excludes halogenated alkanes) is 1. The summed E-state index contributed by atoms with van der Waals surface area (Å²) in [5.41, 5.74) is 0.124. The van der Waals surface area contributed by atoms with Crippen LogP contribution in [-0.4, -0.2) is 93.1 Å². The van der Waals surface area contributed by atoms with Crippen molar-refractivity contribution in [2.45, 2.75) is 25.3 Å². The first-order valence-electron chi connectivity index (χ1n) is 15.8. The first-order chi connectivity index (χ1) is 24.0. The summed E-state index contributed by atoms with van der Waals surface area (Å²) in [4.78, 5) is 88.2. The molecule has 50 heavy (non-hydrogen) atoms. The van der Waals surface area contributed by atoms with Crippen LogP contribution in [0.25, 0.3) is 21.5 Å². The van der Waals surface area contributed by atoms with Crippen molar-refractivity contribution in [2.24, 2.45) is 0 Å². The molecule has 0 saturated carbocycles. The van der Waals surface area contributed by atoms with Crippen molar-refractivity contribution in [1.29, 1.82) is 0 Å². The van der Waals surface area contributed by atoms with Crippen LogP contribution in [0, 0.1) is 20.2 Å². The number of aliphatic carboxylic acids is 1. The molecule has 2 aliphatic heterocycles. The SMILES string of the molecule is O=C(O)[C@H](CCCCNCCN1C(=O)c2cccc3cc([N+](=O)[O-])cc(c23)C1=O)NCCN1C(=O)c2cccc3cc([N+](=O)[O-])cc(c23)C1=O. The Morgan fingerprint density at radius 3 is 1.64 bits per heavy atom. The van der Waals surface area contributed by atoms with Crippen molar-refractivity contribution in [2.75, 3.05) is 32.7 Å². The molecule has 3 N–H and O–H groups in total. The number of nitrogens with zero attached hydrogens (tertiary/aromatic N) is 4. The highest BCUT2D eigenvalue weighted by molar-refractivity contribution is 6.26. The number of imide groups is 2. The zero-order valence-electron chi connectivity index (χ0n) is 26.4. The Hall–Kier alpha value is -6.13. The predicted octanol–water partition coefficient (Wildman–Crippen LogP) is 3.50. The van der Waals surface area contributed by atoms with Crippen molar-refractivity contribution >= 4 is 62.5 Å². The van der Waals surface area contributed by atoms with E-state index in [9.17, 15) is 49.3 Å². The quantitative estimate of drug-likeness (QED) is 0.0709. The number of amides is 4. The lowest BCUT2D eigenvalue weighted by molar-refractivity contribution is -0.384. The van der Waals surface area contributed by atoms with Gasteiger partial charge in [0, 0.05) is 72.3 Å². The molecule has 16 heteroatoms. The monoisotopic (exact) mass is 682 g/mol. The van der Waals surface area contributed by atoms with E-state index >= 15 is 0 Å². The van der Waals surface area contributed by atoms with E-state index in [1.165, 1.54) is 24.3 Å². The molecule has 6 rings (SSSR count). The minimum absolute atomic E-state index is 0.0230. The van der Waals surface area contributed by atoms with E-state index in [2.05, 4.69) is 10.6 Å². The second-order valence-corrected chi connectivity index (χ2v) is 11.9. The number of carbonyl (C=O) groups is 5. The van der Waals surface area contributed by atoms with Crippen molar-refractivity contribution in [3.8, 4) is 0 Å². The van der Waals surface area contributed by atoms with Crippen molar-refractivity contribution in [3.63, 3.8) is 0 Å². The highest BCUT2D eigenvalue weighted by atomic mass is 16.6. The lowest BCUT2D eigenvalue weighted by Gasteiger charge is -2.27. The zero-order chi connectivity index (χ0) is 35.7. The Morgan fingerprint density at radius 2 is 1.16 bits per heavy atom. The van der Waals surface area contributed by atoms with Crippen molar-refractivity contribution in [3.05, 3.63) is 103 Å². The highest BCUT2D eigenvalue weighted by Gasteiger charge is 2.35. The zero-order valence-corrected chi connectivity index (χ0v) is 26.4. The molecule has 0 fully saturated rings. The number of non-ortho nitro benzene ring substituents is 2. The molecule has 2 heterocycles. The maximum atomic E-state index is 13.2. The molecule has 0 radical (unpaired) electrons. The molecule has 0 bridgehead atoms. The Bertz CT molecular complexity index is 2130. The van der Waals surface area contributed by atoms with Gasteiger partial charge in [-0.05, 0) is 42.3 Å². The third-order valence-electron chi connectivity index (χ3n) is 8.88. The Kier molecular flexibility index (Phi) is 9.30. The van der Waals surface area contributed by atoms with Gasteiger partial charge in [0.15, 0.2) is 0 Å². The van der Waals surface area contributed by atoms with Gasteiger partial charge < -0.3 is 15.7 Å². The third kappa shape index (κ3) is 6.24. The number of nitrogens with one attached hydrogen (secondary N) is 2. The number of hydrogen-bond donors (Lipinski definition) is 3. The fraction of sp³-hybridized carbons (Fsp3) is 0.265. The molecule has 0 spiro atoms. The largest absolute Gasteiger partial charge is 0.480 e. The Morgan fingerprint density at radius 1 is 0.680 bits per heavy atom. The molecule has 16 nitrogen and oxygen atoms in total. The van der Waals surface area contributed by atoms with Gasteiger partial charge in [-0.2, -0.15) is 0 Å². The summed E-state index contributed by atoms with van der Waals surface area (Å²) in [6.07, 6.45) is 1.28. The second-order valence-electron chi connectivity index (χ2n) is 11.9. The number of carboxylic acid groups (broad SMARTS) is 1. The Labute approximate surface area is 282 Å². The van der Waals surface area contributed by atoms with E-state index in [-0.39, 0.29) is 60.7 Å². The van der Waals surface area contributed by atoms with Gasteiger partial charge in [-0.1, -0.05) is 30.7 Å². The van der Waals surface area contributed by atoms with Crippen LogP contribution in [0.1, 0.15) is 60.7 Å². The number of carbonyl (C=O) groups excluding carboxylic acids is 4. The van der Waals surface area contributed by atoms with Gasteiger partial charge in [0.2, 0.25) is 0 Å². The lowest BCUT2D eigenvalue weighted by atomic mass is 9.93. The lowest BCUT2D eigenvalue weighted by Crippen LogP contribution is -2.46. The molecule has 4 aromatic rings. The number of carboxylic acids is 1. The van der Waals surface area contributed by atoms with Crippen LogP contribution in [0.2, 0.25) is 0 Å². The molecule has 4 aromatic carbocycles. The predicted molar refractivity (Wildman–Crippen MR) is 178 cm³/mol. The van der Waals surface area contributed by atoms with Gasteiger partial charge in [0.05, 0.1) is 21.0 Å². The van der Waals surface area contributed by atoms with Gasteiger partial charge in [-0.3, -0.25) is 54.0 Å². The average Bonchev–Trinajstić information content (AvgIpc) is 3.09. The first kappa shape index (κ1) is 33.8. The van der Waals surface area contributed by atoms with Crippen molar-refractivity contribution < 1.29 is 38.9 Å². The summed E-state index contributed by atoms with van der Waals surface area (Å²) in [5, 5.41) is 40.1. The smallest absolute Gasteiger partial charge is 0.320 e. The van der Waals surface area contributed by atoms with Crippen molar-refractivity contribution in [1.82, 2.24) is 20.4 Å². The van der Waals surface area contributed by atoms with Gasteiger partial charge in [0.25, 0.3) is 35.0 Å². The molecule has 2 aliphatic rings. The van der Waals surface area contributed by atoms with Crippen LogP contribution < -0.4 is 10.6 Å². The second kappa shape index (κ2) is 13.8. The van der Waals surface area contributed by atoms with Crippen LogP contribution in [0.4, 0.5) is 11.4 Å². The molecule has 0 aliphatic carbocycles. The number of nitro benzene ring substituents is 2. The van der Waals surface area contributed by atoms with E-state index in [0.717, 1.165) is 15.9 Å². The minimum atomic E-state index is -1.11. The van der Waals surface area contributed by atoms with E-state index in [1.807, 2.05) is 0 Å². The Balaban J connectivity index is 0.973. The summed E-state index contributed by atoms with van der Waals surface area (Å²) < 4.78 is 0. The molecular formula is C34H30N6O10. The molecule has 256 valence electrons. The fourth-order valence-electron chi connectivity index (χ4n) is 6.48. The summed E-state index contributed by atoms with van der Waals surface area (Å²) in [5.74, 6) is -3.49. The average molecular weight is 683 g/mol. The van der Waals surface area contributed by atoms with Gasteiger partial charge >= 0.3 is 5.97 Å². The topological polar surface area (TPSA) is 222 Å². The third-order valence-corrected chi connectivity index (χ3v) is 8.88. The standard InChI is InChI=1S/C34H30N6O10/c41-30-23-7-3-5-19-15-21(39(47)48)17-25(28(19)23)32(43)37(30)13-11-35-10-2-1-9-27(34(45)46)36-12-14-38-31(42)24-8-4-6-20-16-22(40(49)50)18-26(29(20)24)33(38)44/h3-8,15-18,27,35-36H,1-2,9-14H2,(H,45,46)/t27-/m0/s1. The number of nitro groups is 2. The van der Waals surface area contributed by atoms with Crippen LogP contribution in [0.5, 0.6) is 0 Å². The summed E-state index contributed by atoms with van der Waals surface area (Å²) in [6, 6.07) is 13.5.